The first kappa shape index (κ1) is 13.1. The van der Waals surface area contributed by atoms with Crippen LogP contribution in [0.4, 0.5) is 0 Å². The zero-order chi connectivity index (χ0) is 13.7. The Morgan fingerprint density at radius 2 is 1.84 bits per heavy atom. The summed E-state index contributed by atoms with van der Waals surface area (Å²) < 4.78 is 5.58. The summed E-state index contributed by atoms with van der Waals surface area (Å²) in [6.45, 7) is 1.88. The predicted molar refractivity (Wildman–Crippen MR) is 73.3 cm³/mol. The fraction of sp³-hybridized carbons (Fsp3) is 0.188. The Morgan fingerprint density at radius 3 is 2.53 bits per heavy atom. The molecular formula is C16H16O3. The van der Waals surface area contributed by atoms with Crippen molar-refractivity contribution in [1.82, 2.24) is 0 Å². The van der Waals surface area contributed by atoms with E-state index in [0.717, 1.165) is 5.56 Å². The SMILES string of the molecule is CC(=O)Cc1cccc(OCc2ccccc2)c1O. The van der Waals surface area contributed by atoms with Crippen LogP contribution in [-0.4, -0.2) is 10.9 Å². The summed E-state index contributed by atoms with van der Waals surface area (Å²) in [5, 5.41) is 10.0. The third kappa shape index (κ3) is 3.58. The van der Waals surface area contributed by atoms with Crippen LogP contribution in [0.5, 0.6) is 11.5 Å². The van der Waals surface area contributed by atoms with Crippen LogP contribution in [-0.2, 0) is 17.8 Å². The molecule has 1 N–H and O–H groups in total. The van der Waals surface area contributed by atoms with Crippen molar-refractivity contribution in [3.05, 3.63) is 59.7 Å². The highest BCUT2D eigenvalue weighted by Gasteiger charge is 2.09. The van der Waals surface area contributed by atoms with Gasteiger partial charge in [-0.1, -0.05) is 42.5 Å². The van der Waals surface area contributed by atoms with E-state index in [-0.39, 0.29) is 18.0 Å². The van der Waals surface area contributed by atoms with E-state index in [0.29, 0.717) is 17.9 Å². The summed E-state index contributed by atoms with van der Waals surface area (Å²) >= 11 is 0. The predicted octanol–water partition coefficient (Wildman–Crippen LogP) is 3.10. The Morgan fingerprint density at radius 1 is 1.11 bits per heavy atom. The van der Waals surface area contributed by atoms with Crippen LogP contribution in [0, 0.1) is 0 Å². The number of hydrogen-bond acceptors (Lipinski definition) is 3. The van der Waals surface area contributed by atoms with E-state index >= 15 is 0 Å². The number of rotatable bonds is 5. The summed E-state index contributed by atoms with van der Waals surface area (Å²) in [7, 11) is 0. The van der Waals surface area contributed by atoms with Crippen molar-refractivity contribution in [1.29, 1.82) is 0 Å². The van der Waals surface area contributed by atoms with Gasteiger partial charge in [-0.2, -0.15) is 0 Å². The second kappa shape index (κ2) is 6.05. The van der Waals surface area contributed by atoms with Gasteiger partial charge < -0.3 is 9.84 Å². The van der Waals surface area contributed by atoms with Gasteiger partial charge in [-0.25, -0.2) is 0 Å². The first-order valence-corrected chi connectivity index (χ1v) is 6.14. The Labute approximate surface area is 112 Å². The van der Waals surface area contributed by atoms with Gasteiger partial charge in [-0.15, -0.1) is 0 Å². The molecule has 2 aromatic rings. The van der Waals surface area contributed by atoms with E-state index in [9.17, 15) is 9.90 Å². The fourth-order valence-electron chi connectivity index (χ4n) is 1.83. The second-order valence-corrected chi connectivity index (χ2v) is 4.42. The number of carbonyl (C=O) groups is 1. The van der Waals surface area contributed by atoms with Gasteiger partial charge in [0.2, 0.25) is 0 Å². The van der Waals surface area contributed by atoms with Gasteiger partial charge in [-0.3, -0.25) is 4.79 Å². The van der Waals surface area contributed by atoms with Gasteiger partial charge in [0.15, 0.2) is 11.5 Å². The van der Waals surface area contributed by atoms with Crippen LogP contribution < -0.4 is 4.74 Å². The quantitative estimate of drug-likeness (QED) is 0.894. The number of para-hydroxylation sites is 1. The summed E-state index contributed by atoms with van der Waals surface area (Å²) in [6, 6.07) is 14.9. The molecule has 0 saturated carbocycles. The minimum Gasteiger partial charge on any atom is -0.504 e. The maximum atomic E-state index is 11.1. The molecular weight excluding hydrogens is 240 g/mol. The van der Waals surface area contributed by atoms with Crippen molar-refractivity contribution in [3.63, 3.8) is 0 Å². The van der Waals surface area contributed by atoms with E-state index < -0.39 is 0 Å². The van der Waals surface area contributed by atoms with E-state index in [1.807, 2.05) is 30.3 Å². The first-order valence-electron chi connectivity index (χ1n) is 6.14. The lowest BCUT2D eigenvalue weighted by molar-refractivity contribution is -0.116. The van der Waals surface area contributed by atoms with Crippen LogP contribution in [0.15, 0.2) is 48.5 Å². The molecule has 0 heterocycles. The number of phenolic OH excluding ortho intramolecular Hbond substituents is 1. The van der Waals surface area contributed by atoms with Crippen LogP contribution in [0.2, 0.25) is 0 Å². The summed E-state index contributed by atoms with van der Waals surface area (Å²) in [5.74, 6) is 0.465. The minimum atomic E-state index is 0.00973. The Bertz CT molecular complexity index is 561. The summed E-state index contributed by atoms with van der Waals surface area (Å²) in [6.07, 6.45) is 0.217. The highest BCUT2D eigenvalue weighted by Crippen LogP contribution is 2.30. The van der Waals surface area contributed by atoms with E-state index in [2.05, 4.69) is 0 Å². The topological polar surface area (TPSA) is 46.5 Å². The first-order chi connectivity index (χ1) is 9.16. The number of carbonyl (C=O) groups excluding carboxylic acids is 1. The number of benzene rings is 2. The van der Waals surface area contributed by atoms with Gasteiger partial charge in [-0.05, 0) is 18.6 Å². The molecule has 0 saturated heterocycles. The lowest BCUT2D eigenvalue weighted by Gasteiger charge is -2.10. The largest absolute Gasteiger partial charge is 0.504 e. The van der Waals surface area contributed by atoms with Crippen molar-refractivity contribution in [3.8, 4) is 11.5 Å². The normalized spacial score (nSPS) is 10.2. The third-order valence-electron chi connectivity index (χ3n) is 2.76. The lowest BCUT2D eigenvalue weighted by atomic mass is 10.1. The van der Waals surface area contributed by atoms with E-state index in [4.69, 9.17) is 4.74 Å². The number of hydrogen-bond donors (Lipinski definition) is 1. The fourth-order valence-corrected chi connectivity index (χ4v) is 1.83. The second-order valence-electron chi connectivity index (χ2n) is 4.42. The van der Waals surface area contributed by atoms with E-state index in [1.54, 1.807) is 18.2 Å². The van der Waals surface area contributed by atoms with Crippen LogP contribution in [0.25, 0.3) is 0 Å². The average molecular weight is 256 g/mol. The Hall–Kier alpha value is -2.29. The molecule has 19 heavy (non-hydrogen) atoms. The number of phenols is 1. The van der Waals surface area contributed by atoms with Crippen LogP contribution in [0.3, 0.4) is 0 Å². The van der Waals surface area contributed by atoms with Gasteiger partial charge in [0, 0.05) is 12.0 Å². The number of ketones is 1. The molecule has 0 aromatic heterocycles. The maximum Gasteiger partial charge on any atom is 0.161 e. The van der Waals surface area contributed by atoms with Crippen molar-refractivity contribution < 1.29 is 14.6 Å². The number of Topliss-reactive ketones (excluding diaryl/α,β-unsaturated/α-hetero) is 1. The molecule has 0 bridgehead atoms. The highest BCUT2D eigenvalue weighted by molar-refractivity contribution is 5.79. The van der Waals surface area contributed by atoms with Crippen molar-refractivity contribution in [2.75, 3.05) is 0 Å². The summed E-state index contributed by atoms with van der Waals surface area (Å²) in [4.78, 5) is 11.1. The highest BCUT2D eigenvalue weighted by atomic mass is 16.5. The number of ether oxygens (including phenoxy) is 1. The Kier molecular flexibility index (Phi) is 4.18. The number of aromatic hydroxyl groups is 1. The van der Waals surface area contributed by atoms with Crippen LogP contribution in [0.1, 0.15) is 18.1 Å². The smallest absolute Gasteiger partial charge is 0.161 e. The molecule has 0 spiro atoms. The van der Waals surface area contributed by atoms with Crippen molar-refractivity contribution in [2.45, 2.75) is 20.0 Å². The molecule has 2 rings (SSSR count). The van der Waals surface area contributed by atoms with Crippen LogP contribution >= 0.6 is 0 Å². The molecule has 0 radical (unpaired) electrons. The molecule has 0 aliphatic carbocycles. The monoisotopic (exact) mass is 256 g/mol. The minimum absolute atomic E-state index is 0.00973. The van der Waals surface area contributed by atoms with Gasteiger partial charge in [0.1, 0.15) is 12.4 Å². The van der Waals surface area contributed by atoms with E-state index in [1.165, 1.54) is 6.92 Å². The molecule has 0 atom stereocenters. The molecule has 3 nitrogen and oxygen atoms in total. The van der Waals surface area contributed by atoms with Gasteiger partial charge in [0.05, 0.1) is 0 Å². The molecule has 2 aromatic carbocycles. The molecule has 0 aliphatic rings. The zero-order valence-electron chi connectivity index (χ0n) is 10.8. The molecule has 0 aliphatic heterocycles. The van der Waals surface area contributed by atoms with Gasteiger partial charge in [0.25, 0.3) is 0 Å². The summed E-state index contributed by atoms with van der Waals surface area (Å²) in [5.41, 5.74) is 1.62. The van der Waals surface area contributed by atoms with Crippen molar-refractivity contribution >= 4 is 5.78 Å². The Balaban J connectivity index is 2.10. The lowest BCUT2D eigenvalue weighted by Crippen LogP contribution is -1.99. The standard InChI is InChI=1S/C16H16O3/c1-12(17)10-14-8-5-9-15(16(14)18)19-11-13-6-3-2-4-7-13/h2-9,18H,10-11H2,1H3. The molecule has 0 unspecified atom stereocenters. The molecule has 0 amide bonds. The molecule has 0 fully saturated rings. The maximum absolute atomic E-state index is 11.1. The van der Waals surface area contributed by atoms with Crippen molar-refractivity contribution in [2.24, 2.45) is 0 Å². The average Bonchev–Trinajstić information content (AvgIpc) is 2.40. The molecule has 3 heteroatoms. The van der Waals surface area contributed by atoms with Gasteiger partial charge >= 0.3 is 0 Å². The molecule has 98 valence electrons. The zero-order valence-corrected chi connectivity index (χ0v) is 10.8. The third-order valence-corrected chi connectivity index (χ3v) is 2.76.